The van der Waals surface area contributed by atoms with Gasteiger partial charge in [-0.25, -0.2) is 0 Å². The van der Waals surface area contributed by atoms with Crippen LogP contribution in [-0.2, 0) is 4.79 Å². The van der Waals surface area contributed by atoms with Crippen molar-refractivity contribution < 1.29 is 4.79 Å². The minimum atomic E-state index is 0.0675. The van der Waals surface area contributed by atoms with Crippen LogP contribution >= 0.6 is 0 Å². The Morgan fingerprint density at radius 3 is 2.42 bits per heavy atom. The first-order valence-corrected chi connectivity index (χ1v) is 7.99. The van der Waals surface area contributed by atoms with Gasteiger partial charge in [-0.1, -0.05) is 47.0 Å². The molecule has 0 bridgehead atoms. The zero-order valence-electron chi connectivity index (χ0n) is 13.0. The van der Waals surface area contributed by atoms with E-state index in [1.165, 1.54) is 25.7 Å². The fourth-order valence-corrected chi connectivity index (χ4v) is 3.55. The summed E-state index contributed by atoms with van der Waals surface area (Å²) in [6.07, 6.45) is 7.57. The molecule has 1 heterocycles. The third kappa shape index (κ3) is 3.50. The minimum absolute atomic E-state index is 0.0675. The van der Waals surface area contributed by atoms with Gasteiger partial charge >= 0.3 is 0 Å². The van der Waals surface area contributed by atoms with Gasteiger partial charge in [-0.2, -0.15) is 0 Å². The van der Waals surface area contributed by atoms with Crippen molar-refractivity contribution >= 4 is 5.91 Å². The molecule has 110 valence electrons. The molecule has 0 aromatic heterocycles. The van der Waals surface area contributed by atoms with Crippen LogP contribution in [-0.4, -0.2) is 29.6 Å². The van der Waals surface area contributed by atoms with Crippen LogP contribution in [0.5, 0.6) is 0 Å². The lowest BCUT2D eigenvalue weighted by atomic mass is 9.94. The Balaban J connectivity index is 2.11. The van der Waals surface area contributed by atoms with Crippen molar-refractivity contribution in [3.05, 3.63) is 0 Å². The fraction of sp³-hybridized carbons (Fsp3) is 0.938. The molecule has 1 saturated heterocycles. The van der Waals surface area contributed by atoms with Gasteiger partial charge in [0.15, 0.2) is 0 Å². The van der Waals surface area contributed by atoms with Crippen molar-refractivity contribution in [2.45, 2.75) is 78.4 Å². The highest BCUT2D eigenvalue weighted by Gasteiger charge is 2.43. The molecule has 1 N–H and O–H groups in total. The molecule has 0 radical (unpaired) electrons. The Bertz CT molecular complexity index is 315. The van der Waals surface area contributed by atoms with Gasteiger partial charge in [-0.05, 0) is 30.6 Å². The van der Waals surface area contributed by atoms with Crippen molar-refractivity contribution in [3.8, 4) is 0 Å². The fourth-order valence-electron chi connectivity index (χ4n) is 3.55. The summed E-state index contributed by atoms with van der Waals surface area (Å²) in [6, 6.07) is 0.0675. The van der Waals surface area contributed by atoms with E-state index in [-0.39, 0.29) is 11.5 Å². The molecule has 2 unspecified atom stereocenters. The van der Waals surface area contributed by atoms with Crippen molar-refractivity contribution in [2.24, 2.45) is 11.3 Å². The highest BCUT2D eigenvalue weighted by Crippen LogP contribution is 2.34. The van der Waals surface area contributed by atoms with Gasteiger partial charge < -0.3 is 4.90 Å². The molecule has 1 aliphatic carbocycles. The standard InChI is InChI=1S/C16H30N2O/c1-5-8-13-15(19)18(11-16(2,3)4)14(17-13)12-9-6-7-10-12/h12-14,17H,5-11H2,1-4H3. The Kier molecular flexibility index (Phi) is 4.54. The topological polar surface area (TPSA) is 32.3 Å². The summed E-state index contributed by atoms with van der Waals surface area (Å²) in [5.74, 6) is 1.02. The van der Waals surface area contributed by atoms with Gasteiger partial charge in [0.25, 0.3) is 0 Å². The van der Waals surface area contributed by atoms with Crippen LogP contribution in [0.2, 0.25) is 0 Å². The van der Waals surface area contributed by atoms with Gasteiger partial charge in [-0.15, -0.1) is 0 Å². The van der Waals surface area contributed by atoms with Crippen molar-refractivity contribution in [3.63, 3.8) is 0 Å². The van der Waals surface area contributed by atoms with Crippen LogP contribution in [0.3, 0.4) is 0 Å². The summed E-state index contributed by atoms with van der Waals surface area (Å²) < 4.78 is 0. The highest BCUT2D eigenvalue weighted by molar-refractivity contribution is 5.84. The summed E-state index contributed by atoms with van der Waals surface area (Å²) in [4.78, 5) is 14.8. The van der Waals surface area contributed by atoms with Crippen molar-refractivity contribution in [1.29, 1.82) is 0 Å². The Morgan fingerprint density at radius 1 is 1.26 bits per heavy atom. The van der Waals surface area contributed by atoms with Crippen LogP contribution in [0.4, 0.5) is 0 Å². The molecule has 2 aliphatic rings. The maximum absolute atomic E-state index is 12.6. The summed E-state index contributed by atoms with van der Waals surface area (Å²) in [7, 11) is 0. The summed E-state index contributed by atoms with van der Waals surface area (Å²) in [5, 5.41) is 3.63. The van der Waals surface area contributed by atoms with Crippen molar-refractivity contribution in [1.82, 2.24) is 10.2 Å². The Labute approximate surface area is 118 Å². The van der Waals surface area contributed by atoms with Crippen LogP contribution in [0, 0.1) is 11.3 Å². The van der Waals surface area contributed by atoms with Crippen LogP contribution < -0.4 is 5.32 Å². The van der Waals surface area contributed by atoms with Crippen molar-refractivity contribution in [2.75, 3.05) is 6.54 Å². The van der Waals surface area contributed by atoms with E-state index < -0.39 is 0 Å². The number of amides is 1. The van der Waals surface area contributed by atoms with Gasteiger partial charge in [0.05, 0.1) is 12.2 Å². The van der Waals surface area contributed by atoms with Crippen LogP contribution in [0.25, 0.3) is 0 Å². The van der Waals surface area contributed by atoms with Crippen LogP contribution in [0.15, 0.2) is 0 Å². The second-order valence-corrected chi connectivity index (χ2v) is 7.52. The number of hydrogen-bond acceptors (Lipinski definition) is 2. The summed E-state index contributed by atoms with van der Waals surface area (Å²) in [5.41, 5.74) is 0.176. The van der Waals surface area contributed by atoms with E-state index in [2.05, 4.69) is 37.9 Å². The average Bonchev–Trinajstić information content (AvgIpc) is 2.91. The molecule has 0 spiro atoms. The monoisotopic (exact) mass is 266 g/mol. The molecule has 0 aromatic rings. The number of nitrogens with one attached hydrogen (secondary N) is 1. The predicted molar refractivity (Wildman–Crippen MR) is 78.7 cm³/mol. The number of nitrogens with zero attached hydrogens (tertiary/aromatic N) is 1. The molecule has 1 saturated carbocycles. The zero-order valence-corrected chi connectivity index (χ0v) is 13.0. The lowest BCUT2D eigenvalue weighted by Gasteiger charge is -2.34. The average molecular weight is 266 g/mol. The number of hydrogen-bond donors (Lipinski definition) is 1. The van der Waals surface area contributed by atoms with E-state index in [0.717, 1.165) is 19.4 Å². The van der Waals surface area contributed by atoms with E-state index in [1.807, 2.05) is 0 Å². The molecule has 2 atom stereocenters. The van der Waals surface area contributed by atoms with Gasteiger partial charge in [-0.3, -0.25) is 10.1 Å². The van der Waals surface area contributed by atoms with Gasteiger partial charge in [0.1, 0.15) is 0 Å². The first-order valence-electron chi connectivity index (χ1n) is 7.99. The molecule has 1 aliphatic heterocycles. The molecule has 1 amide bonds. The van der Waals surface area contributed by atoms with Gasteiger partial charge in [0, 0.05) is 6.54 Å². The Morgan fingerprint density at radius 2 is 1.89 bits per heavy atom. The van der Waals surface area contributed by atoms with Gasteiger partial charge in [0.2, 0.25) is 5.91 Å². The molecule has 2 rings (SSSR count). The SMILES string of the molecule is CCCC1NC(C2CCCC2)N(CC(C)(C)C)C1=O. The normalized spacial score (nSPS) is 29.5. The molecule has 3 heteroatoms. The Hall–Kier alpha value is -0.570. The number of rotatable bonds is 4. The van der Waals surface area contributed by atoms with E-state index >= 15 is 0 Å². The number of carbonyl (C=O) groups is 1. The van der Waals surface area contributed by atoms with E-state index in [4.69, 9.17) is 0 Å². The third-order valence-electron chi connectivity index (χ3n) is 4.36. The molecule has 3 nitrogen and oxygen atoms in total. The first kappa shape index (κ1) is 14.8. The lowest BCUT2D eigenvalue weighted by molar-refractivity contribution is -0.132. The smallest absolute Gasteiger partial charge is 0.241 e. The summed E-state index contributed by atoms with van der Waals surface area (Å²) >= 11 is 0. The van der Waals surface area contributed by atoms with E-state index in [9.17, 15) is 4.79 Å². The minimum Gasteiger partial charge on any atom is -0.325 e. The third-order valence-corrected chi connectivity index (χ3v) is 4.36. The molecule has 2 fully saturated rings. The predicted octanol–water partition coefficient (Wildman–Crippen LogP) is 3.15. The molecule has 19 heavy (non-hydrogen) atoms. The molecular formula is C16H30N2O. The number of carbonyl (C=O) groups excluding carboxylic acids is 1. The molecular weight excluding hydrogens is 236 g/mol. The lowest BCUT2D eigenvalue weighted by Crippen LogP contribution is -2.45. The molecule has 0 aromatic carbocycles. The summed E-state index contributed by atoms with van der Waals surface area (Å²) in [6.45, 7) is 9.70. The van der Waals surface area contributed by atoms with E-state index in [0.29, 0.717) is 18.0 Å². The van der Waals surface area contributed by atoms with Crippen LogP contribution in [0.1, 0.15) is 66.2 Å². The zero-order chi connectivity index (χ0) is 14.0. The second kappa shape index (κ2) is 5.82. The largest absolute Gasteiger partial charge is 0.325 e. The second-order valence-electron chi connectivity index (χ2n) is 7.52. The highest BCUT2D eigenvalue weighted by atomic mass is 16.2. The maximum atomic E-state index is 12.6. The quantitative estimate of drug-likeness (QED) is 0.848. The van der Waals surface area contributed by atoms with E-state index in [1.54, 1.807) is 0 Å². The maximum Gasteiger partial charge on any atom is 0.241 e. The first-order chi connectivity index (χ1) is 8.92.